The van der Waals surface area contributed by atoms with Crippen molar-refractivity contribution in [1.29, 1.82) is 5.26 Å². The summed E-state index contributed by atoms with van der Waals surface area (Å²) in [6.07, 6.45) is 3.68. The molecule has 14 heavy (non-hydrogen) atoms. The first-order valence-corrected chi connectivity index (χ1v) is 4.96. The summed E-state index contributed by atoms with van der Waals surface area (Å²) >= 11 is 0. The summed E-state index contributed by atoms with van der Waals surface area (Å²) in [5, 5.41) is 8.42. The molecule has 1 aliphatic rings. The lowest BCUT2D eigenvalue weighted by molar-refractivity contribution is -0.133. The van der Waals surface area contributed by atoms with Gasteiger partial charge in [-0.3, -0.25) is 4.79 Å². The Bertz CT molecular complexity index is 229. The third kappa shape index (κ3) is 3.35. The van der Waals surface area contributed by atoms with E-state index in [1.165, 1.54) is 4.90 Å². The van der Waals surface area contributed by atoms with Gasteiger partial charge in [0.1, 0.15) is 6.54 Å². The van der Waals surface area contributed by atoms with Crippen LogP contribution in [0.25, 0.3) is 0 Å². The zero-order chi connectivity index (χ0) is 10.4. The van der Waals surface area contributed by atoms with Gasteiger partial charge in [-0.05, 0) is 19.3 Å². The topological polar surface area (TPSA) is 53.3 Å². The van der Waals surface area contributed by atoms with Crippen LogP contribution in [0, 0.1) is 11.3 Å². The van der Waals surface area contributed by atoms with Gasteiger partial charge in [0.15, 0.2) is 0 Å². The second-order valence-electron chi connectivity index (χ2n) is 3.60. The van der Waals surface area contributed by atoms with Crippen molar-refractivity contribution in [2.45, 2.75) is 31.8 Å². The fourth-order valence-corrected chi connectivity index (χ4v) is 1.51. The Hall–Kier alpha value is -1.08. The van der Waals surface area contributed by atoms with Crippen LogP contribution in [-0.2, 0) is 9.53 Å². The van der Waals surface area contributed by atoms with Crippen LogP contribution in [-0.4, -0.2) is 37.1 Å². The van der Waals surface area contributed by atoms with Gasteiger partial charge in [-0.2, -0.15) is 5.26 Å². The summed E-state index contributed by atoms with van der Waals surface area (Å²) in [7, 11) is 1.65. The summed E-state index contributed by atoms with van der Waals surface area (Å²) in [6.45, 7) is 0.922. The van der Waals surface area contributed by atoms with E-state index in [0.717, 1.165) is 25.9 Å². The van der Waals surface area contributed by atoms with Gasteiger partial charge in [0, 0.05) is 13.7 Å². The molecule has 0 bridgehead atoms. The maximum absolute atomic E-state index is 11.5. The molecule has 1 amide bonds. The minimum Gasteiger partial charge on any atom is -0.378 e. The Labute approximate surface area is 84.4 Å². The largest absolute Gasteiger partial charge is 0.378 e. The molecule has 0 N–H and O–H groups in total. The Morgan fingerprint density at radius 1 is 1.64 bits per heavy atom. The van der Waals surface area contributed by atoms with Gasteiger partial charge in [0.2, 0.25) is 5.91 Å². The van der Waals surface area contributed by atoms with Crippen molar-refractivity contribution in [3.63, 3.8) is 0 Å². The number of hydrogen-bond donors (Lipinski definition) is 0. The number of nitriles is 1. The SMILES string of the molecule is CN(CC#N)C(=O)CC1CCCCO1. The van der Waals surface area contributed by atoms with Gasteiger partial charge in [-0.15, -0.1) is 0 Å². The molecule has 4 nitrogen and oxygen atoms in total. The normalized spacial score (nSPS) is 21.3. The summed E-state index contributed by atoms with van der Waals surface area (Å²) in [5.74, 6) is -0.00144. The van der Waals surface area contributed by atoms with Crippen molar-refractivity contribution in [2.24, 2.45) is 0 Å². The number of carbonyl (C=O) groups excluding carboxylic acids is 1. The lowest BCUT2D eigenvalue weighted by Gasteiger charge is -2.23. The summed E-state index contributed by atoms with van der Waals surface area (Å²) in [4.78, 5) is 12.9. The van der Waals surface area contributed by atoms with Gasteiger partial charge in [-0.1, -0.05) is 0 Å². The molecule has 0 aromatic rings. The fraction of sp³-hybridized carbons (Fsp3) is 0.800. The van der Waals surface area contributed by atoms with Crippen LogP contribution in [0.3, 0.4) is 0 Å². The van der Waals surface area contributed by atoms with Crippen LogP contribution in [0.2, 0.25) is 0 Å². The molecule has 78 valence electrons. The van der Waals surface area contributed by atoms with E-state index in [9.17, 15) is 4.79 Å². The zero-order valence-corrected chi connectivity index (χ0v) is 8.53. The predicted octanol–water partition coefficient (Wildman–Crippen LogP) is 0.928. The van der Waals surface area contributed by atoms with Gasteiger partial charge < -0.3 is 9.64 Å². The molecule has 0 spiro atoms. The third-order valence-corrected chi connectivity index (χ3v) is 2.41. The molecule has 0 aromatic carbocycles. The van der Waals surface area contributed by atoms with E-state index in [4.69, 9.17) is 10.00 Å². The van der Waals surface area contributed by atoms with Crippen molar-refractivity contribution < 1.29 is 9.53 Å². The highest BCUT2D eigenvalue weighted by atomic mass is 16.5. The zero-order valence-electron chi connectivity index (χ0n) is 8.53. The third-order valence-electron chi connectivity index (χ3n) is 2.41. The van der Waals surface area contributed by atoms with Crippen LogP contribution < -0.4 is 0 Å². The molecular formula is C10H16N2O2. The minimum absolute atomic E-state index is 0.00144. The van der Waals surface area contributed by atoms with Crippen LogP contribution in [0.5, 0.6) is 0 Å². The van der Waals surface area contributed by atoms with Gasteiger partial charge in [-0.25, -0.2) is 0 Å². The van der Waals surface area contributed by atoms with Crippen LogP contribution >= 0.6 is 0 Å². The monoisotopic (exact) mass is 196 g/mol. The second kappa shape index (κ2) is 5.61. The minimum atomic E-state index is -0.00144. The molecule has 1 heterocycles. The van der Waals surface area contributed by atoms with Crippen LogP contribution in [0.1, 0.15) is 25.7 Å². The Morgan fingerprint density at radius 2 is 2.43 bits per heavy atom. The van der Waals surface area contributed by atoms with E-state index in [2.05, 4.69) is 0 Å². The van der Waals surface area contributed by atoms with E-state index in [0.29, 0.717) is 6.42 Å². The van der Waals surface area contributed by atoms with Crippen molar-refractivity contribution in [3.8, 4) is 6.07 Å². The number of ether oxygens (including phenoxy) is 1. The van der Waals surface area contributed by atoms with Gasteiger partial charge >= 0.3 is 0 Å². The molecular weight excluding hydrogens is 180 g/mol. The Kier molecular flexibility index (Phi) is 4.41. The summed E-state index contributed by atoms with van der Waals surface area (Å²) in [6, 6.07) is 1.95. The highest BCUT2D eigenvalue weighted by Gasteiger charge is 2.19. The molecule has 1 atom stereocenters. The molecule has 1 unspecified atom stereocenters. The first-order valence-electron chi connectivity index (χ1n) is 4.96. The van der Waals surface area contributed by atoms with Crippen LogP contribution in [0.4, 0.5) is 0 Å². The average Bonchev–Trinajstić information content (AvgIpc) is 2.19. The summed E-state index contributed by atoms with van der Waals surface area (Å²) < 4.78 is 5.45. The van der Waals surface area contributed by atoms with E-state index >= 15 is 0 Å². The lowest BCUT2D eigenvalue weighted by Crippen LogP contribution is -2.32. The fourth-order valence-electron chi connectivity index (χ4n) is 1.51. The number of hydrogen-bond acceptors (Lipinski definition) is 3. The maximum atomic E-state index is 11.5. The smallest absolute Gasteiger partial charge is 0.225 e. The summed E-state index contributed by atoms with van der Waals surface area (Å²) in [5.41, 5.74) is 0. The van der Waals surface area contributed by atoms with Crippen LogP contribution in [0.15, 0.2) is 0 Å². The molecule has 1 aliphatic heterocycles. The van der Waals surface area contributed by atoms with Crippen molar-refractivity contribution in [1.82, 2.24) is 4.90 Å². The molecule has 4 heteroatoms. The molecule has 0 saturated carbocycles. The number of rotatable bonds is 3. The van der Waals surface area contributed by atoms with Gasteiger partial charge in [0.05, 0.1) is 18.6 Å². The van der Waals surface area contributed by atoms with E-state index in [1.54, 1.807) is 7.05 Å². The molecule has 0 radical (unpaired) electrons. The quantitative estimate of drug-likeness (QED) is 0.631. The Morgan fingerprint density at radius 3 is 3.00 bits per heavy atom. The van der Waals surface area contributed by atoms with E-state index in [-0.39, 0.29) is 18.6 Å². The Balaban J connectivity index is 2.28. The number of carbonyl (C=O) groups is 1. The van der Waals surface area contributed by atoms with Crippen molar-refractivity contribution >= 4 is 5.91 Å². The number of nitrogens with zero attached hydrogens (tertiary/aromatic N) is 2. The maximum Gasteiger partial charge on any atom is 0.225 e. The molecule has 1 fully saturated rings. The predicted molar refractivity (Wildman–Crippen MR) is 51.5 cm³/mol. The standard InChI is InChI=1S/C10H16N2O2/c1-12(6-5-11)10(13)8-9-4-2-3-7-14-9/h9H,2-4,6-8H2,1H3. The molecule has 1 rings (SSSR count). The molecule has 1 saturated heterocycles. The highest BCUT2D eigenvalue weighted by molar-refractivity contribution is 5.76. The molecule has 0 aromatic heterocycles. The average molecular weight is 196 g/mol. The number of amides is 1. The van der Waals surface area contributed by atoms with Crippen molar-refractivity contribution in [3.05, 3.63) is 0 Å². The van der Waals surface area contributed by atoms with E-state index in [1.807, 2.05) is 6.07 Å². The first kappa shape index (κ1) is 11.0. The van der Waals surface area contributed by atoms with Gasteiger partial charge in [0.25, 0.3) is 0 Å². The second-order valence-corrected chi connectivity index (χ2v) is 3.60. The highest BCUT2D eigenvalue weighted by Crippen LogP contribution is 2.16. The van der Waals surface area contributed by atoms with Crippen molar-refractivity contribution in [2.75, 3.05) is 20.2 Å². The molecule has 0 aliphatic carbocycles. The van der Waals surface area contributed by atoms with E-state index < -0.39 is 0 Å². The first-order chi connectivity index (χ1) is 6.74. The lowest BCUT2D eigenvalue weighted by atomic mass is 10.1.